The predicted molar refractivity (Wildman–Crippen MR) is 86.5 cm³/mol. The number of ether oxygens (including phenoxy) is 1. The number of likely N-dealkylation sites (N-methyl/N-ethyl adjacent to an activating group) is 1. The van der Waals surface area contributed by atoms with Gasteiger partial charge in [-0.2, -0.15) is 0 Å². The summed E-state index contributed by atoms with van der Waals surface area (Å²) in [4.78, 5) is 13.7. The van der Waals surface area contributed by atoms with Crippen LogP contribution in [0.15, 0.2) is 18.2 Å². The molecule has 4 nitrogen and oxygen atoms in total. The van der Waals surface area contributed by atoms with E-state index in [-0.39, 0.29) is 18.6 Å². The lowest BCUT2D eigenvalue weighted by atomic mass is 10.0. The van der Waals surface area contributed by atoms with Crippen molar-refractivity contribution in [2.24, 2.45) is 11.7 Å². The Labute approximate surface area is 128 Å². The van der Waals surface area contributed by atoms with Gasteiger partial charge in [0.05, 0.1) is 0 Å². The second kappa shape index (κ2) is 8.03. The van der Waals surface area contributed by atoms with Crippen LogP contribution in [0.3, 0.4) is 0 Å². The van der Waals surface area contributed by atoms with Crippen molar-refractivity contribution in [2.45, 2.75) is 40.2 Å². The van der Waals surface area contributed by atoms with Crippen LogP contribution in [0.4, 0.5) is 0 Å². The SMILES string of the molecule is Cc1ccc(OCC(=O)N(C)CCC(N)C(C)C)cc1C. The molecule has 0 aliphatic heterocycles. The average Bonchev–Trinajstić information content (AvgIpc) is 2.44. The van der Waals surface area contributed by atoms with Gasteiger partial charge in [0.2, 0.25) is 0 Å². The Hall–Kier alpha value is -1.55. The number of hydrogen-bond acceptors (Lipinski definition) is 3. The van der Waals surface area contributed by atoms with Crippen molar-refractivity contribution >= 4 is 5.91 Å². The van der Waals surface area contributed by atoms with E-state index in [1.165, 1.54) is 5.56 Å². The molecule has 0 saturated carbocycles. The summed E-state index contributed by atoms with van der Waals surface area (Å²) in [5.41, 5.74) is 8.37. The van der Waals surface area contributed by atoms with Crippen LogP contribution in [0.1, 0.15) is 31.4 Å². The Kier molecular flexibility index (Phi) is 6.69. The van der Waals surface area contributed by atoms with E-state index >= 15 is 0 Å². The van der Waals surface area contributed by atoms with Gasteiger partial charge < -0.3 is 15.4 Å². The van der Waals surface area contributed by atoms with Crippen molar-refractivity contribution in [1.29, 1.82) is 0 Å². The van der Waals surface area contributed by atoms with Crippen molar-refractivity contribution < 1.29 is 9.53 Å². The molecule has 1 atom stereocenters. The summed E-state index contributed by atoms with van der Waals surface area (Å²) in [6, 6.07) is 5.98. The first-order valence-electron chi connectivity index (χ1n) is 7.51. The monoisotopic (exact) mass is 292 g/mol. The molecule has 0 radical (unpaired) electrons. The van der Waals surface area contributed by atoms with Crippen LogP contribution in [-0.2, 0) is 4.79 Å². The molecule has 0 bridgehead atoms. The normalized spacial score (nSPS) is 12.3. The summed E-state index contributed by atoms with van der Waals surface area (Å²) in [5.74, 6) is 1.14. The molecule has 1 aromatic carbocycles. The van der Waals surface area contributed by atoms with Gasteiger partial charge in [0.25, 0.3) is 5.91 Å². The van der Waals surface area contributed by atoms with Crippen LogP contribution in [-0.4, -0.2) is 37.0 Å². The number of nitrogens with zero attached hydrogens (tertiary/aromatic N) is 1. The fourth-order valence-corrected chi connectivity index (χ4v) is 1.86. The molecule has 0 fully saturated rings. The van der Waals surface area contributed by atoms with E-state index in [9.17, 15) is 4.79 Å². The third kappa shape index (κ3) is 5.76. The molecule has 21 heavy (non-hydrogen) atoms. The molecular weight excluding hydrogens is 264 g/mol. The third-order valence-electron chi connectivity index (χ3n) is 3.92. The largest absolute Gasteiger partial charge is 0.484 e. The summed E-state index contributed by atoms with van der Waals surface area (Å²) < 4.78 is 5.56. The third-order valence-corrected chi connectivity index (χ3v) is 3.92. The lowest BCUT2D eigenvalue weighted by molar-refractivity contribution is -0.132. The smallest absolute Gasteiger partial charge is 0.260 e. The zero-order chi connectivity index (χ0) is 16.0. The number of nitrogens with two attached hydrogens (primary N) is 1. The highest BCUT2D eigenvalue weighted by atomic mass is 16.5. The van der Waals surface area contributed by atoms with Gasteiger partial charge in [-0.15, -0.1) is 0 Å². The van der Waals surface area contributed by atoms with Crippen LogP contribution in [0, 0.1) is 19.8 Å². The number of hydrogen-bond donors (Lipinski definition) is 1. The minimum atomic E-state index is -0.0239. The van der Waals surface area contributed by atoms with E-state index < -0.39 is 0 Å². The van der Waals surface area contributed by atoms with E-state index in [4.69, 9.17) is 10.5 Å². The number of rotatable bonds is 7. The Bertz CT molecular complexity index is 472. The van der Waals surface area contributed by atoms with E-state index in [0.29, 0.717) is 12.5 Å². The number of benzene rings is 1. The molecule has 0 aromatic heterocycles. The van der Waals surface area contributed by atoms with Crippen LogP contribution < -0.4 is 10.5 Å². The first kappa shape index (κ1) is 17.5. The Morgan fingerprint density at radius 1 is 1.29 bits per heavy atom. The van der Waals surface area contributed by atoms with Gasteiger partial charge in [-0.25, -0.2) is 0 Å². The van der Waals surface area contributed by atoms with Gasteiger partial charge in [0.1, 0.15) is 5.75 Å². The lowest BCUT2D eigenvalue weighted by Gasteiger charge is -2.21. The molecular formula is C17H28N2O2. The summed E-state index contributed by atoms with van der Waals surface area (Å²) in [5, 5.41) is 0. The second-order valence-corrected chi connectivity index (χ2v) is 6.05. The Morgan fingerprint density at radius 2 is 1.95 bits per heavy atom. The molecule has 2 N–H and O–H groups in total. The predicted octanol–water partition coefficient (Wildman–Crippen LogP) is 2.51. The van der Waals surface area contributed by atoms with E-state index in [0.717, 1.165) is 17.7 Å². The van der Waals surface area contributed by atoms with Crippen molar-refractivity contribution in [3.05, 3.63) is 29.3 Å². The summed E-state index contributed by atoms with van der Waals surface area (Å²) in [6.07, 6.45) is 0.809. The molecule has 0 spiro atoms. The highest BCUT2D eigenvalue weighted by Crippen LogP contribution is 2.16. The maximum atomic E-state index is 12.0. The van der Waals surface area contributed by atoms with E-state index in [1.54, 1.807) is 11.9 Å². The molecule has 1 aromatic rings. The maximum absolute atomic E-state index is 12.0. The van der Waals surface area contributed by atoms with Crippen molar-refractivity contribution in [1.82, 2.24) is 4.90 Å². The maximum Gasteiger partial charge on any atom is 0.260 e. The van der Waals surface area contributed by atoms with E-state index in [2.05, 4.69) is 20.8 Å². The summed E-state index contributed by atoms with van der Waals surface area (Å²) in [7, 11) is 1.79. The molecule has 4 heteroatoms. The fraction of sp³-hybridized carbons (Fsp3) is 0.588. The topological polar surface area (TPSA) is 55.6 Å². The first-order chi connectivity index (χ1) is 9.81. The standard InChI is InChI=1S/C17H28N2O2/c1-12(2)16(18)8-9-19(5)17(20)11-21-15-7-6-13(3)14(4)10-15/h6-7,10,12,16H,8-9,11,18H2,1-5H3. The van der Waals surface area contributed by atoms with E-state index in [1.807, 2.05) is 25.1 Å². The first-order valence-corrected chi connectivity index (χ1v) is 7.51. The van der Waals surface area contributed by atoms with Gasteiger partial charge in [-0.1, -0.05) is 19.9 Å². The summed E-state index contributed by atoms with van der Waals surface area (Å²) in [6.45, 7) is 8.99. The average molecular weight is 292 g/mol. The summed E-state index contributed by atoms with van der Waals surface area (Å²) >= 11 is 0. The quantitative estimate of drug-likeness (QED) is 0.840. The van der Waals surface area contributed by atoms with Crippen molar-refractivity contribution in [2.75, 3.05) is 20.2 Å². The van der Waals surface area contributed by atoms with Crippen LogP contribution in [0.5, 0.6) is 5.75 Å². The van der Waals surface area contributed by atoms with Crippen molar-refractivity contribution in [3.8, 4) is 5.75 Å². The second-order valence-electron chi connectivity index (χ2n) is 6.05. The molecule has 1 unspecified atom stereocenters. The zero-order valence-corrected chi connectivity index (χ0v) is 13.8. The highest BCUT2D eigenvalue weighted by molar-refractivity contribution is 5.77. The number of carbonyl (C=O) groups is 1. The molecule has 0 heterocycles. The molecule has 1 amide bonds. The minimum absolute atomic E-state index is 0.0239. The van der Waals surface area contributed by atoms with Gasteiger partial charge in [0.15, 0.2) is 6.61 Å². The Morgan fingerprint density at radius 3 is 2.52 bits per heavy atom. The van der Waals surface area contributed by atoms with Gasteiger partial charge in [0, 0.05) is 19.6 Å². The molecule has 0 aliphatic carbocycles. The lowest BCUT2D eigenvalue weighted by Crippen LogP contribution is -2.36. The van der Waals surface area contributed by atoms with Gasteiger partial charge in [-0.05, 0) is 49.4 Å². The number of aryl methyl sites for hydroxylation is 2. The molecule has 0 saturated heterocycles. The number of carbonyl (C=O) groups excluding carboxylic acids is 1. The highest BCUT2D eigenvalue weighted by Gasteiger charge is 2.13. The fourth-order valence-electron chi connectivity index (χ4n) is 1.86. The molecule has 118 valence electrons. The van der Waals surface area contributed by atoms with Crippen LogP contribution in [0.2, 0.25) is 0 Å². The van der Waals surface area contributed by atoms with Gasteiger partial charge >= 0.3 is 0 Å². The van der Waals surface area contributed by atoms with Crippen LogP contribution in [0.25, 0.3) is 0 Å². The number of amides is 1. The zero-order valence-electron chi connectivity index (χ0n) is 13.8. The minimum Gasteiger partial charge on any atom is -0.484 e. The molecule has 1 rings (SSSR count). The molecule has 0 aliphatic rings. The van der Waals surface area contributed by atoms with Crippen molar-refractivity contribution in [3.63, 3.8) is 0 Å². The van der Waals surface area contributed by atoms with Gasteiger partial charge in [-0.3, -0.25) is 4.79 Å². The Balaban J connectivity index is 2.40. The van der Waals surface area contributed by atoms with Crippen LogP contribution >= 0.6 is 0 Å².